The summed E-state index contributed by atoms with van der Waals surface area (Å²) in [4.78, 5) is 0. The van der Waals surface area contributed by atoms with Crippen molar-refractivity contribution in [1.82, 2.24) is 0 Å². The molecular formula is C17H15FO3. The second-order valence-corrected chi connectivity index (χ2v) is 4.86. The molecule has 1 aromatic heterocycles. The summed E-state index contributed by atoms with van der Waals surface area (Å²) in [6, 6.07) is 11.9. The van der Waals surface area contributed by atoms with E-state index in [0.717, 1.165) is 5.39 Å². The minimum Gasteiger partial charge on any atom is -0.494 e. The summed E-state index contributed by atoms with van der Waals surface area (Å²) < 4.78 is 24.3. The lowest BCUT2D eigenvalue weighted by Crippen LogP contribution is -2.02. The number of furan rings is 1. The average molecular weight is 286 g/mol. The Balaban J connectivity index is 2.10. The standard InChI is InChI=1S/C17H15FO3/c1-10-16(12-5-3-4-6-14(12)21-10)17(19)11-7-8-15(20-2)13(18)9-11/h3-9,17,19H,1-2H3. The van der Waals surface area contributed by atoms with Crippen LogP contribution in [0.1, 0.15) is 23.0 Å². The van der Waals surface area contributed by atoms with Crippen LogP contribution in [0.5, 0.6) is 5.75 Å². The van der Waals surface area contributed by atoms with E-state index in [1.165, 1.54) is 19.2 Å². The first-order chi connectivity index (χ1) is 10.1. The molecule has 3 nitrogen and oxygen atoms in total. The molecule has 3 rings (SSSR count). The van der Waals surface area contributed by atoms with Crippen molar-refractivity contribution in [3.8, 4) is 5.75 Å². The SMILES string of the molecule is COc1ccc(C(O)c2c(C)oc3ccccc23)cc1F. The maximum Gasteiger partial charge on any atom is 0.165 e. The monoisotopic (exact) mass is 286 g/mol. The van der Waals surface area contributed by atoms with Gasteiger partial charge < -0.3 is 14.3 Å². The lowest BCUT2D eigenvalue weighted by Gasteiger charge is -2.12. The molecular weight excluding hydrogens is 271 g/mol. The number of para-hydroxylation sites is 1. The number of benzene rings is 2. The fraction of sp³-hybridized carbons (Fsp3) is 0.176. The number of rotatable bonds is 3. The molecule has 3 aromatic rings. The van der Waals surface area contributed by atoms with Crippen molar-refractivity contribution in [3.05, 3.63) is 65.2 Å². The van der Waals surface area contributed by atoms with E-state index in [1.54, 1.807) is 13.0 Å². The molecule has 0 saturated carbocycles. The van der Waals surface area contributed by atoms with E-state index in [0.29, 0.717) is 22.5 Å². The number of methoxy groups -OCH3 is 1. The normalized spacial score (nSPS) is 12.6. The number of hydrogen-bond acceptors (Lipinski definition) is 3. The van der Waals surface area contributed by atoms with E-state index in [1.807, 2.05) is 24.3 Å². The molecule has 1 heterocycles. The number of aliphatic hydroxyl groups is 1. The largest absolute Gasteiger partial charge is 0.494 e. The van der Waals surface area contributed by atoms with E-state index in [4.69, 9.17) is 9.15 Å². The zero-order valence-electron chi connectivity index (χ0n) is 11.8. The van der Waals surface area contributed by atoms with Gasteiger partial charge in [-0.15, -0.1) is 0 Å². The number of fused-ring (bicyclic) bond motifs is 1. The summed E-state index contributed by atoms with van der Waals surface area (Å²) in [6.07, 6.45) is -0.950. The van der Waals surface area contributed by atoms with Gasteiger partial charge in [0.1, 0.15) is 17.4 Å². The summed E-state index contributed by atoms with van der Waals surface area (Å²) >= 11 is 0. The van der Waals surface area contributed by atoms with Gasteiger partial charge >= 0.3 is 0 Å². The van der Waals surface area contributed by atoms with Crippen molar-refractivity contribution in [2.45, 2.75) is 13.0 Å². The van der Waals surface area contributed by atoms with Gasteiger partial charge in [-0.2, -0.15) is 0 Å². The van der Waals surface area contributed by atoms with E-state index in [2.05, 4.69) is 0 Å². The van der Waals surface area contributed by atoms with Gasteiger partial charge in [-0.3, -0.25) is 0 Å². The maximum absolute atomic E-state index is 13.8. The molecule has 0 fully saturated rings. The smallest absolute Gasteiger partial charge is 0.165 e. The van der Waals surface area contributed by atoms with Gasteiger partial charge in [0, 0.05) is 10.9 Å². The van der Waals surface area contributed by atoms with Gasteiger partial charge in [0.25, 0.3) is 0 Å². The van der Waals surface area contributed by atoms with Crippen molar-refractivity contribution in [2.75, 3.05) is 7.11 Å². The summed E-state index contributed by atoms with van der Waals surface area (Å²) in [7, 11) is 1.41. The fourth-order valence-electron chi connectivity index (χ4n) is 2.55. The van der Waals surface area contributed by atoms with Crippen LogP contribution in [0.3, 0.4) is 0 Å². The van der Waals surface area contributed by atoms with Gasteiger partial charge in [-0.1, -0.05) is 24.3 Å². The molecule has 2 aromatic carbocycles. The molecule has 0 radical (unpaired) electrons. The van der Waals surface area contributed by atoms with Crippen LogP contribution in [0.25, 0.3) is 11.0 Å². The van der Waals surface area contributed by atoms with Crippen LogP contribution in [0.15, 0.2) is 46.9 Å². The fourth-order valence-corrected chi connectivity index (χ4v) is 2.55. The van der Waals surface area contributed by atoms with Crippen LogP contribution in [0.2, 0.25) is 0 Å². The maximum atomic E-state index is 13.8. The zero-order valence-corrected chi connectivity index (χ0v) is 11.8. The Labute approximate surface area is 121 Å². The van der Waals surface area contributed by atoms with Crippen LogP contribution in [-0.2, 0) is 0 Å². The Hall–Kier alpha value is -2.33. The summed E-state index contributed by atoms with van der Waals surface area (Å²) in [5.41, 5.74) is 1.83. The molecule has 4 heteroatoms. The van der Waals surface area contributed by atoms with Gasteiger partial charge in [0.05, 0.1) is 7.11 Å². The highest BCUT2D eigenvalue weighted by molar-refractivity contribution is 5.83. The lowest BCUT2D eigenvalue weighted by atomic mass is 9.98. The van der Waals surface area contributed by atoms with Gasteiger partial charge in [-0.25, -0.2) is 4.39 Å². The van der Waals surface area contributed by atoms with Gasteiger partial charge in [0.2, 0.25) is 0 Å². The number of aliphatic hydroxyl groups excluding tert-OH is 1. The van der Waals surface area contributed by atoms with Crippen LogP contribution >= 0.6 is 0 Å². The van der Waals surface area contributed by atoms with Gasteiger partial charge in [-0.05, 0) is 30.7 Å². The van der Waals surface area contributed by atoms with E-state index in [9.17, 15) is 9.50 Å². The number of ether oxygens (including phenoxy) is 1. The van der Waals surface area contributed by atoms with Crippen molar-refractivity contribution in [3.63, 3.8) is 0 Å². The molecule has 1 N–H and O–H groups in total. The van der Waals surface area contributed by atoms with Crippen LogP contribution < -0.4 is 4.74 Å². The van der Waals surface area contributed by atoms with Gasteiger partial charge in [0.15, 0.2) is 11.6 Å². The molecule has 0 bridgehead atoms. The second kappa shape index (κ2) is 5.22. The molecule has 0 aliphatic rings. The molecule has 108 valence electrons. The van der Waals surface area contributed by atoms with E-state index < -0.39 is 11.9 Å². The summed E-state index contributed by atoms with van der Waals surface area (Å²) in [6.45, 7) is 1.79. The summed E-state index contributed by atoms with van der Waals surface area (Å²) in [5, 5.41) is 11.4. The molecule has 0 aliphatic heterocycles. The quantitative estimate of drug-likeness (QED) is 0.792. The predicted molar refractivity (Wildman–Crippen MR) is 78.0 cm³/mol. The minimum absolute atomic E-state index is 0.153. The molecule has 1 unspecified atom stereocenters. The number of aryl methyl sites for hydroxylation is 1. The zero-order chi connectivity index (χ0) is 15.0. The van der Waals surface area contributed by atoms with Crippen molar-refractivity contribution < 1.29 is 18.7 Å². The molecule has 0 amide bonds. The molecule has 1 atom stereocenters. The second-order valence-electron chi connectivity index (χ2n) is 4.86. The van der Waals surface area contributed by atoms with Crippen molar-refractivity contribution in [2.24, 2.45) is 0 Å². The topological polar surface area (TPSA) is 42.6 Å². The molecule has 0 spiro atoms. The van der Waals surface area contributed by atoms with E-state index >= 15 is 0 Å². The van der Waals surface area contributed by atoms with Crippen molar-refractivity contribution in [1.29, 1.82) is 0 Å². The average Bonchev–Trinajstić information content (AvgIpc) is 2.82. The predicted octanol–water partition coefficient (Wildman–Crippen LogP) is 3.97. The third-order valence-electron chi connectivity index (χ3n) is 3.58. The first-order valence-corrected chi connectivity index (χ1v) is 6.61. The first kappa shape index (κ1) is 13.6. The molecule has 0 aliphatic carbocycles. The van der Waals surface area contributed by atoms with E-state index in [-0.39, 0.29) is 5.75 Å². The first-order valence-electron chi connectivity index (χ1n) is 6.61. The summed E-state index contributed by atoms with van der Waals surface area (Å²) in [5.74, 6) is 0.277. The van der Waals surface area contributed by atoms with Crippen LogP contribution in [-0.4, -0.2) is 12.2 Å². The number of hydrogen-bond donors (Lipinski definition) is 1. The van der Waals surface area contributed by atoms with Crippen molar-refractivity contribution >= 4 is 11.0 Å². The Kier molecular flexibility index (Phi) is 3.39. The highest BCUT2D eigenvalue weighted by Crippen LogP contribution is 2.34. The minimum atomic E-state index is -0.950. The Morgan fingerprint density at radius 3 is 2.67 bits per heavy atom. The third-order valence-corrected chi connectivity index (χ3v) is 3.58. The Bertz CT molecular complexity index is 792. The van der Waals surface area contributed by atoms with Crippen LogP contribution in [0, 0.1) is 12.7 Å². The Morgan fingerprint density at radius 2 is 1.95 bits per heavy atom. The van der Waals surface area contributed by atoms with Crippen LogP contribution in [0.4, 0.5) is 4.39 Å². The Morgan fingerprint density at radius 1 is 1.19 bits per heavy atom. The molecule has 21 heavy (non-hydrogen) atoms. The third kappa shape index (κ3) is 2.28. The number of halogens is 1. The highest BCUT2D eigenvalue weighted by atomic mass is 19.1. The lowest BCUT2D eigenvalue weighted by molar-refractivity contribution is 0.218. The molecule has 0 saturated heterocycles. The highest BCUT2D eigenvalue weighted by Gasteiger charge is 2.21.